The Morgan fingerprint density at radius 3 is 2.43 bits per heavy atom. The van der Waals surface area contributed by atoms with Crippen LogP contribution in [-0.2, 0) is 6.54 Å². The molecule has 0 bridgehead atoms. The van der Waals surface area contributed by atoms with Crippen LogP contribution in [0.2, 0.25) is 0 Å². The molecule has 0 amide bonds. The first-order valence-electron chi connectivity index (χ1n) is 8.54. The van der Waals surface area contributed by atoms with Crippen molar-refractivity contribution in [1.29, 1.82) is 0 Å². The highest BCUT2D eigenvalue weighted by atomic mass is 15.0. The van der Waals surface area contributed by atoms with Crippen LogP contribution in [0.5, 0.6) is 0 Å². The molecule has 1 aromatic heterocycles. The molecule has 0 spiro atoms. The smallest absolute Gasteiger partial charge is 0.121 e. The molecule has 2 N–H and O–H groups in total. The van der Waals surface area contributed by atoms with Crippen molar-refractivity contribution >= 4 is 11.0 Å². The van der Waals surface area contributed by atoms with Gasteiger partial charge in [-0.05, 0) is 25.1 Å². The van der Waals surface area contributed by atoms with Gasteiger partial charge in [-0.1, -0.05) is 64.0 Å². The van der Waals surface area contributed by atoms with E-state index in [-0.39, 0.29) is 0 Å². The molecule has 116 valence electrons. The van der Waals surface area contributed by atoms with Gasteiger partial charge in [0.15, 0.2) is 0 Å². The minimum Gasteiger partial charge on any atom is -0.341 e. The molecule has 0 radical (unpaired) electrons. The molecule has 0 aliphatic carbocycles. The summed E-state index contributed by atoms with van der Waals surface area (Å²) in [6.45, 7) is 4.20. The van der Waals surface area contributed by atoms with Crippen molar-refractivity contribution in [3.63, 3.8) is 0 Å². The lowest BCUT2D eigenvalue weighted by molar-refractivity contribution is 0.552. The van der Waals surface area contributed by atoms with Gasteiger partial charge in [0.2, 0.25) is 0 Å². The average molecular weight is 287 g/mol. The highest BCUT2D eigenvalue weighted by molar-refractivity contribution is 5.74. The summed E-state index contributed by atoms with van der Waals surface area (Å²) in [6, 6.07) is 8.19. The van der Waals surface area contributed by atoms with Crippen LogP contribution in [0.15, 0.2) is 24.3 Å². The van der Waals surface area contributed by atoms with Crippen LogP contribution in [0.1, 0.15) is 64.1 Å². The van der Waals surface area contributed by atoms with E-state index in [1.807, 2.05) is 18.2 Å². The van der Waals surface area contributed by atoms with Crippen LogP contribution in [0.3, 0.4) is 0 Å². The molecule has 21 heavy (non-hydrogen) atoms. The van der Waals surface area contributed by atoms with Gasteiger partial charge in [-0.3, -0.25) is 0 Å². The fraction of sp³-hybridized carbons (Fsp3) is 0.611. The minimum atomic E-state index is 0.838. The molecule has 1 heterocycles. The molecule has 3 nitrogen and oxygen atoms in total. The molecule has 0 atom stereocenters. The van der Waals surface area contributed by atoms with Crippen molar-refractivity contribution in [2.24, 2.45) is 0 Å². The monoisotopic (exact) mass is 287 g/mol. The molecular weight excluding hydrogens is 258 g/mol. The molecule has 1 aromatic carbocycles. The van der Waals surface area contributed by atoms with Gasteiger partial charge in [-0.15, -0.1) is 0 Å². The second kappa shape index (κ2) is 9.56. The topological polar surface area (TPSA) is 40.7 Å². The quantitative estimate of drug-likeness (QED) is 0.583. The summed E-state index contributed by atoms with van der Waals surface area (Å²) in [5, 5.41) is 3.48. The van der Waals surface area contributed by atoms with E-state index in [1.165, 1.54) is 51.4 Å². The fourth-order valence-corrected chi connectivity index (χ4v) is 2.68. The lowest BCUT2D eigenvalue weighted by atomic mass is 10.1. The summed E-state index contributed by atoms with van der Waals surface area (Å²) in [6.07, 6.45) is 11.0. The first-order valence-corrected chi connectivity index (χ1v) is 8.54. The number of aromatic amines is 1. The van der Waals surface area contributed by atoms with E-state index < -0.39 is 0 Å². The van der Waals surface area contributed by atoms with Crippen LogP contribution in [-0.4, -0.2) is 16.5 Å². The third-order valence-corrected chi connectivity index (χ3v) is 3.94. The number of aromatic nitrogens is 2. The molecule has 0 unspecified atom stereocenters. The van der Waals surface area contributed by atoms with Gasteiger partial charge in [0, 0.05) is 0 Å². The Morgan fingerprint density at radius 1 is 0.952 bits per heavy atom. The van der Waals surface area contributed by atoms with Crippen molar-refractivity contribution in [1.82, 2.24) is 15.3 Å². The number of para-hydroxylation sites is 2. The van der Waals surface area contributed by atoms with Gasteiger partial charge in [-0.25, -0.2) is 4.98 Å². The van der Waals surface area contributed by atoms with Crippen molar-refractivity contribution in [2.45, 2.75) is 64.8 Å². The lowest BCUT2D eigenvalue weighted by Gasteiger charge is -2.03. The Morgan fingerprint density at radius 2 is 1.67 bits per heavy atom. The lowest BCUT2D eigenvalue weighted by Crippen LogP contribution is -2.15. The van der Waals surface area contributed by atoms with E-state index in [2.05, 4.69) is 28.3 Å². The van der Waals surface area contributed by atoms with Crippen molar-refractivity contribution in [3.8, 4) is 0 Å². The Labute approximate surface area is 128 Å². The summed E-state index contributed by atoms with van der Waals surface area (Å²) in [7, 11) is 0. The van der Waals surface area contributed by atoms with Gasteiger partial charge in [0.05, 0.1) is 17.6 Å². The van der Waals surface area contributed by atoms with E-state index in [9.17, 15) is 0 Å². The van der Waals surface area contributed by atoms with Crippen LogP contribution in [0.4, 0.5) is 0 Å². The van der Waals surface area contributed by atoms with Crippen LogP contribution in [0, 0.1) is 0 Å². The van der Waals surface area contributed by atoms with Crippen LogP contribution >= 0.6 is 0 Å². The number of fused-ring (bicyclic) bond motifs is 1. The van der Waals surface area contributed by atoms with Gasteiger partial charge in [0.1, 0.15) is 5.82 Å². The Balaban J connectivity index is 1.50. The predicted octanol–water partition coefficient (Wildman–Crippen LogP) is 4.79. The van der Waals surface area contributed by atoms with Gasteiger partial charge < -0.3 is 10.3 Å². The normalized spacial score (nSPS) is 11.3. The standard InChI is InChI=1S/C18H29N3/c1-2-3-4-5-6-7-8-11-14-19-15-18-20-16-12-9-10-13-17(16)21-18/h9-10,12-13,19H,2-8,11,14-15H2,1H3,(H,20,21). The van der Waals surface area contributed by atoms with E-state index in [1.54, 1.807) is 0 Å². The molecule has 0 saturated carbocycles. The van der Waals surface area contributed by atoms with Gasteiger partial charge in [-0.2, -0.15) is 0 Å². The van der Waals surface area contributed by atoms with Crippen molar-refractivity contribution in [2.75, 3.05) is 6.54 Å². The molecule has 0 aliphatic rings. The number of H-pyrrole nitrogens is 1. The maximum Gasteiger partial charge on any atom is 0.121 e. The van der Waals surface area contributed by atoms with E-state index in [4.69, 9.17) is 0 Å². The third kappa shape index (κ3) is 5.88. The number of rotatable bonds is 11. The molecule has 3 heteroatoms. The summed E-state index contributed by atoms with van der Waals surface area (Å²) < 4.78 is 0. The zero-order chi connectivity index (χ0) is 14.8. The first kappa shape index (κ1) is 16.0. The second-order valence-corrected chi connectivity index (χ2v) is 5.85. The predicted molar refractivity (Wildman–Crippen MR) is 90.4 cm³/mol. The zero-order valence-corrected chi connectivity index (χ0v) is 13.3. The van der Waals surface area contributed by atoms with E-state index in [0.717, 1.165) is 29.9 Å². The zero-order valence-electron chi connectivity index (χ0n) is 13.3. The molecule has 0 fully saturated rings. The van der Waals surface area contributed by atoms with Crippen molar-refractivity contribution in [3.05, 3.63) is 30.1 Å². The Bertz CT molecular complexity index is 471. The Hall–Kier alpha value is -1.35. The SMILES string of the molecule is CCCCCCCCCCNCc1nc2ccccc2[nH]1. The maximum absolute atomic E-state index is 4.57. The van der Waals surface area contributed by atoms with E-state index >= 15 is 0 Å². The minimum absolute atomic E-state index is 0.838. The summed E-state index contributed by atoms with van der Waals surface area (Å²) in [5.74, 6) is 1.04. The maximum atomic E-state index is 4.57. The van der Waals surface area contributed by atoms with Crippen LogP contribution in [0.25, 0.3) is 11.0 Å². The second-order valence-electron chi connectivity index (χ2n) is 5.85. The number of hydrogen-bond acceptors (Lipinski definition) is 2. The molecule has 2 aromatic rings. The van der Waals surface area contributed by atoms with Crippen LogP contribution < -0.4 is 5.32 Å². The van der Waals surface area contributed by atoms with Crippen molar-refractivity contribution < 1.29 is 0 Å². The molecule has 2 rings (SSSR count). The fourth-order valence-electron chi connectivity index (χ4n) is 2.68. The molecule has 0 saturated heterocycles. The highest BCUT2D eigenvalue weighted by Crippen LogP contribution is 2.10. The number of unbranched alkanes of at least 4 members (excludes halogenated alkanes) is 7. The first-order chi connectivity index (χ1) is 10.4. The summed E-state index contributed by atoms with van der Waals surface area (Å²) in [4.78, 5) is 7.92. The number of nitrogens with one attached hydrogen (secondary N) is 2. The van der Waals surface area contributed by atoms with Gasteiger partial charge in [0.25, 0.3) is 0 Å². The third-order valence-electron chi connectivity index (χ3n) is 3.94. The Kier molecular flexibility index (Phi) is 7.30. The van der Waals surface area contributed by atoms with E-state index in [0.29, 0.717) is 0 Å². The summed E-state index contributed by atoms with van der Waals surface area (Å²) >= 11 is 0. The number of benzene rings is 1. The molecule has 0 aliphatic heterocycles. The highest BCUT2D eigenvalue weighted by Gasteiger charge is 2.00. The number of imidazole rings is 1. The van der Waals surface area contributed by atoms with Gasteiger partial charge >= 0.3 is 0 Å². The number of nitrogens with zero attached hydrogens (tertiary/aromatic N) is 1. The number of hydrogen-bond donors (Lipinski definition) is 2. The summed E-state index contributed by atoms with van der Waals surface area (Å²) in [5.41, 5.74) is 2.18. The molecular formula is C18H29N3. The largest absolute Gasteiger partial charge is 0.341 e. The average Bonchev–Trinajstić information content (AvgIpc) is 2.92.